The largest absolute Gasteiger partial charge is 0.497 e. The summed E-state index contributed by atoms with van der Waals surface area (Å²) in [6.45, 7) is 2.21. The summed E-state index contributed by atoms with van der Waals surface area (Å²) in [6, 6.07) is 13.4. The fraction of sp³-hybridized carbons (Fsp3) is 0.278. The second-order valence-electron chi connectivity index (χ2n) is 5.74. The summed E-state index contributed by atoms with van der Waals surface area (Å²) in [4.78, 5) is 12.3. The lowest BCUT2D eigenvalue weighted by Gasteiger charge is -2.15. The zero-order valence-electron chi connectivity index (χ0n) is 14.4. The first-order chi connectivity index (χ1) is 11.8. The predicted molar refractivity (Wildman–Crippen MR) is 96.3 cm³/mol. The minimum Gasteiger partial charge on any atom is -0.497 e. The Balaban J connectivity index is 1.91. The van der Waals surface area contributed by atoms with E-state index in [0.717, 1.165) is 23.1 Å². The smallest absolute Gasteiger partial charge is 0.315 e. The van der Waals surface area contributed by atoms with Crippen molar-refractivity contribution in [2.45, 2.75) is 24.4 Å². The molecule has 2 aromatic carbocycles. The third-order valence-electron chi connectivity index (χ3n) is 3.74. The van der Waals surface area contributed by atoms with Crippen LogP contribution < -0.4 is 15.4 Å². The molecule has 6 nitrogen and oxygen atoms in total. The predicted octanol–water partition coefficient (Wildman–Crippen LogP) is 2.66. The van der Waals surface area contributed by atoms with Gasteiger partial charge in [-0.1, -0.05) is 24.3 Å². The second-order valence-corrected chi connectivity index (χ2v) is 7.76. The van der Waals surface area contributed by atoms with Gasteiger partial charge in [0.15, 0.2) is 9.84 Å². The molecule has 0 aliphatic heterocycles. The van der Waals surface area contributed by atoms with Crippen molar-refractivity contribution in [3.63, 3.8) is 0 Å². The van der Waals surface area contributed by atoms with Gasteiger partial charge in [-0.05, 0) is 42.3 Å². The molecule has 0 spiro atoms. The highest BCUT2D eigenvalue weighted by Crippen LogP contribution is 2.16. The number of nitrogens with one attached hydrogen (secondary N) is 2. The number of rotatable bonds is 6. The number of methoxy groups -OCH3 is 1. The van der Waals surface area contributed by atoms with E-state index in [9.17, 15) is 13.2 Å². The lowest BCUT2D eigenvalue weighted by Crippen LogP contribution is -2.36. The summed E-state index contributed by atoms with van der Waals surface area (Å²) in [5.41, 5.74) is 1.75. The van der Waals surface area contributed by atoms with E-state index < -0.39 is 9.84 Å². The molecule has 2 amide bonds. The molecule has 0 saturated heterocycles. The van der Waals surface area contributed by atoms with Crippen molar-refractivity contribution in [3.8, 4) is 5.75 Å². The Morgan fingerprint density at radius 3 is 2.44 bits per heavy atom. The molecule has 0 radical (unpaired) electrons. The van der Waals surface area contributed by atoms with Crippen LogP contribution in [0.4, 0.5) is 4.79 Å². The van der Waals surface area contributed by atoms with Gasteiger partial charge in [0.05, 0.1) is 18.0 Å². The zero-order valence-corrected chi connectivity index (χ0v) is 15.3. The normalized spacial score (nSPS) is 12.3. The van der Waals surface area contributed by atoms with Crippen molar-refractivity contribution in [1.29, 1.82) is 0 Å². The fourth-order valence-electron chi connectivity index (χ4n) is 2.30. The maximum absolute atomic E-state index is 12.0. The summed E-state index contributed by atoms with van der Waals surface area (Å²) >= 11 is 0. The van der Waals surface area contributed by atoms with Gasteiger partial charge in [0.25, 0.3) is 0 Å². The highest BCUT2D eigenvalue weighted by atomic mass is 32.2. The zero-order chi connectivity index (χ0) is 18.4. The molecule has 2 aromatic rings. The maximum Gasteiger partial charge on any atom is 0.315 e. The number of hydrogen-bond donors (Lipinski definition) is 2. The number of hydrogen-bond acceptors (Lipinski definition) is 4. The molecular weight excluding hydrogens is 340 g/mol. The molecule has 0 aliphatic rings. The standard InChI is InChI=1S/C18H22N2O4S/c1-13(15-7-9-17(10-8-15)25(3,22)23)20-18(21)19-12-14-5-4-6-16(11-14)24-2/h4-11,13H,12H2,1-3H3,(H2,19,20,21). The summed E-state index contributed by atoms with van der Waals surface area (Å²) in [6.07, 6.45) is 1.16. The molecule has 2 rings (SSSR count). The number of benzene rings is 2. The summed E-state index contributed by atoms with van der Waals surface area (Å²) in [5.74, 6) is 0.735. The average Bonchev–Trinajstić information content (AvgIpc) is 2.59. The van der Waals surface area contributed by atoms with E-state index in [-0.39, 0.29) is 17.0 Å². The van der Waals surface area contributed by atoms with Crippen LogP contribution in [0, 0.1) is 0 Å². The number of carbonyl (C=O) groups excluding carboxylic acids is 1. The van der Waals surface area contributed by atoms with E-state index >= 15 is 0 Å². The molecule has 7 heteroatoms. The number of ether oxygens (including phenoxy) is 1. The first kappa shape index (κ1) is 18.8. The summed E-state index contributed by atoms with van der Waals surface area (Å²) < 4.78 is 28.1. The van der Waals surface area contributed by atoms with Gasteiger partial charge in [-0.2, -0.15) is 0 Å². The van der Waals surface area contributed by atoms with Gasteiger partial charge in [0.1, 0.15) is 5.75 Å². The van der Waals surface area contributed by atoms with Crippen LogP contribution in [0.5, 0.6) is 5.75 Å². The fourth-order valence-corrected chi connectivity index (χ4v) is 2.93. The molecular formula is C18H22N2O4S. The van der Waals surface area contributed by atoms with E-state index in [1.165, 1.54) is 12.1 Å². The number of urea groups is 1. The topological polar surface area (TPSA) is 84.5 Å². The lowest BCUT2D eigenvalue weighted by atomic mass is 10.1. The van der Waals surface area contributed by atoms with Crippen molar-refractivity contribution >= 4 is 15.9 Å². The van der Waals surface area contributed by atoms with Crippen molar-refractivity contribution in [1.82, 2.24) is 10.6 Å². The minimum absolute atomic E-state index is 0.251. The van der Waals surface area contributed by atoms with Crippen LogP contribution in [0.2, 0.25) is 0 Å². The molecule has 0 bridgehead atoms. The highest BCUT2D eigenvalue weighted by molar-refractivity contribution is 7.90. The summed E-state index contributed by atoms with van der Waals surface area (Å²) in [7, 11) is -1.63. The van der Waals surface area contributed by atoms with Crippen LogP contribution in [-0.4, -0.2) is 27.8 Å². The molecule has 0 heterocycles. The van der Waals surface area contributed by atoms with E-state index in [2.05, 4.69) is 10.6 Å². The van der Waals surface area contributed by atoms with Crippen molar-refractivity contribution in [2.24, 2.45) is 0 Å². The van der Waals surface area contributed by atoms with Gasteiger partial charge in [-0.3, -0.25) is 0 Å². The first-order valence-corrected chi connectivity index (χ1v) is 9.66. The van der Waals surface area contributed by atoms with Crippen molar-refractivity contribution in [3.05, 3.63) is 59.7 Å². The second kappa shape index (κ2) is 8.02. The van der Waals surface area contributed by atoms with Gasteiger partial charge >= 0.3 is 6.03 Å². The van der Waals surface area contributed by atoms with Crippen molar-refractivity contribution < 1.29 is 17.9 Å². The van der Waals surface area contributed by atoms with E-state index in [0.29, 0.717) is 6.54 Å². The molecule has 1 atom stereocenters. The van der Waals surface area contributed by atoms with Crippen LogP contribution in [0.3, 0.4) is 0 Å². The molecule has 134 valence electrons. The van der Waals surface area contributed by atoms with Gasteiger partial charge < -0.3 is 15.4 Å². The molecule has 1 unspecified atom stereocenters. The Labute approximate surface area is 148 Å². The third kappa shape index (κ3) is 5.49. The van der Waals surface area contributed by atoms with Crippen LogP contribution >= 0.6 is 0 Å². The average molecular weight is 362 g/mol. The van der Waals surface area contributed by atoms with Crippen LogP contribution in [-0.2, 0) is 16.4 Å². The van der Waals surface area contributed by atoms with Gasteiger partial charge in [0.2, 0.25) is 0 Å². The van der Waals surface area contributed by atoms with Crippen LogP contribution in [0.15, 0.2) is 53.4 Å². The van der Waals surface area contributed by atoms with Crippen LogP contribution in [0.1, 0.15) is 24.1 Å². The molecule has 2 N–H and O–H groups in total. The molecule has 0 aliphatic carbocycles. The highest BCUT2D eigenvalue weighted by Gasteiger charge is 2.11. The van der Waals surface area contributed by atoms with E-state index in [1.807, 2.05) is 31.2 Å². The number of sulfone groups is 1. The van der Waals surface area contributed by atoms with Gasteiger partial charge in [0, 0.05) is 12.8 Å². The summed E-state index contributed by atoms with van der Waals surface area (Å²) in [5, 5.41) is 5.61. The number of amides is 2. The number of carbonyl (C=O) groups is 1. The molecule has 0 fully saturated rings. The SMILES string of the molecule is COc1cccc(CNC(=O)NC(C)c2ccc(S(C)(=O)=O)cc2)c1. The third-order valence-corrected chi connectivity index (χ3v) is 4.87. The Kier molecular flexibility index (Phi) is 6.03. The van der Waals surface area contributed by atoms with Crippen LogP contribution in [0.25, 0.3) is 0 Å². The Hall–Kier alpha value is -2.54. The van der Waals surface area contributed by atoms with Crippen molar-refractivity contribution in [2.75, 3.05) is 13.4 Å². The van der Waals surface area contributed by atoms with Gasteiger partial charge in [-0.25, -0.2) is 13.2 Å². The minimum atomic E-state index is -3.22. The lowest BCUT2D eigenvalue weighted by molar-refractivity contribution is 0.237. The Morgan fingerprint density at radius 2 is 1.84 bits per heavy atom. The maximum atomic E-state index is 12.0. The van der Waals surface area contributed by atoms with Gasteiger partial charge in [-0.15, -0.1) is 0 Å². The monoisotopic (exact) mass is 362 g/mol. The molecule has 0 saturated carbocycles. The molecule has 0 aromatic heterocycles. The Morgan fingerprint density at radius 1 is 1.16 bits per heavy atom. The quantitative estimate of drug-likeness (QED) is 0.827. The molecule has 25 heavy (non-hydrogen) atoms. The Bertz CT molecular complexity index is 832. The first-order valence-electron chi connectivity index (χ1n) is 7.77. The van der Waals surface area contributed by atoms with E-state index in [4.69, 9.17) is 4.74 Å². The van der Waals surface area contributed by atoms with E-state index in [1.54, 1.807) is 19.2 Å².